The van der Waals surface area contributed by atoms with Crippen molar-refractivity contribution in [1.82, 2.24) is 4.90 Å². The van der Waals surface area contributed by atoms with Gasteiger partial charge in [0.2, 0.25) is 5.91 Å². The van der Waals surface area contributed by atoms with Crippen LogP contribution in [-0.2, 0) is 21.2 Å². The monoisotopic (exact) mass is 427 g/mol. The molecule has 0 bridgehead atoms. The first-order chi connectivity index (χ1) is 14.2. The number of carbonyl (C=O) groups is 1. The molecule has 2 aromatic rings. The number of hydrogen-bond acceptors (Lipinski definition) is 3. The molecule has 0 spiro atoms. The van der Waals surface area contributed by atoms with E-state index < -0.39 is 10.0 Å². The van der Waals surface area contributed by atoms with E-state index in [-0.39, 0.29) is 17.2 Å². The highest BCUT2D eigenvalue weighted by Crippen LogP contribution is 2.20. The zero-order valence-electron chi connectivity index (χ0n) is 17.8. The highest BCUT2D eigenvalue weighted by Gasteiger charge is 2.19. The lowest BCUT2D eigenvalue weighted by Gasteiger charge is -2.17. The van der Waals surface area contributed by atoms with Gasteiger partial charge in [-0.25, -0.2) is 0 Å². The summed E-state index contributed by atoms with van der Waals surface area (Å²) < 4.78 is 29.8. The van der Waals surface area contributed by atoms with E-state index in [4.69, 9.17) is 0 Å². The molecular weight excluding hydrogens is 398 g/mol. The van der Waals surface area contributed by atoms with Crippen LogP contribution in [0.5, 0.6) is 0 Å². The van der Waals surface area contributed by atoms with Gasteiger partial charge in [-0.3, -0.25) is 4.79 Å². The summed E-state index contributed by atoms with van der Waals surface area (Å²) in [5, 5.41) is 2.81. The molecule has 1 N–H and O–H groups in total. The van der Waals surface area contributed by atoms with Crippen molar-refractivity contribution in [3.8, 4) is 0 Å². The summed E-state index contributed by atoms with van der Waals surface area (Å²) in [4.78, 5) is 14.5. The third kappa shape index (κ3) is 5.69. The van der Waals surface area contributed by atoms with Gasteiger partial charge in [0.05, 0.1) is 11.3 Å². The first-order valence-electron chi connectivity index (χ1n) is 10.3. The minimum absolute atomic E-state index is 0.0807. The van der Waals surface area contributed by atoms with Crippen LogP contribution >= 0.6 is 0 Å². The molecule has 1 aliphatic rings. The van der Waals surface area contributed by atoms with Crippen molar-refractivity contribution in [3.63, 3.8) is 0 Å². The zero-order chi connectivity index (χ0) is 21.7. The average Bonchev–Trinajstić information content (AvgIpc) is 2.89. The smallest absolute Gasteiger partial charge is 0.284 e. The highest BCUT2D eigenvalue weighted by molar-refractivity contribution is 7.90. The van der Waals surface area contributed by atoms with E-state index in [0.29, 0.717) is 17.9 Å². The Labute approximate surface area is 179 Å². The summed E-state index contributed by atoms with van der Waals surface area (Å²) >= 11 is 0. The summed E-state index contributed by atoms with van der Waals surface area (Å²) in [7, 11) is -1.96. The van der Waals surface area contributed by atoms with E-state index in [9.17, 15) is 13.2 Å². The van der Waals surface area contributed by atoms with Crippen molar-refractivity contribution in [1.29, 1.82) is 0 Å². The Kier molecular flexibility index (Phi) is 6.92. The van der Waals surface area contributed by atoms with Gasteiger partial charge < -0.3 is 10.2 Å². The number of rotatable bonds is 5. The number of benzene rings is 2. The molecule has 2 aromatic carbocycles. The maximum absolute atomic E-state index is 12.8. The molecule has 0 atom stereocenters. The standard InChI is InChI=1S/C23H29N3O3S/c1-17-11-12-18(2)19(14-17)15-23(27)24-20-8-7-9-21(16-20)30(28,29)25-22-10-5-4-6-13-26(22)3/h7-9,11-12,14,16H,4-6,10,13,15H2,1-3H3,(H,24,27)/b25-22+. The van der Waals surface area contributed by atoms with Crippen molar-refractivity contribution in [2.24, 2.45) is 4.40 Å². The van der Waals surface area contributed by atoms with Crippen molar-refractivity contribution in [3.05, 3.63) is 59.2 Å². The number of nitrogens with zero attached hydrogens (tertiary/aromatic N) is 2. The molecule has 3 rings (SSSR count). The Morgan fingerprint density at radius 2 is 1.90 bits per heavy atom. The van der Waals surface area contributed by atoms with Gasteiger partial charge in [-0.05, 0) is 56.0 Å². The topological polar surface area (TPSA) is 78.8 Å². The Morgan fingerprint density at radius 3 is 2.70 bits per heavy atom. The number of anilines is 1. The number of carbonyl (C=O) groups excluding carboxylic acids is 1. The lowest BCUT2D eigenvalue weighted by molar-refractivity contribution is -0.115. The Balaban J connectivity index is 1.76. The molecule has 6 nitrogen and oxygen atoms in total. The summed E-state index contributed by atoms with van der Waals surface area (Å²) in [5.41, 5.74) is 3.55. The van der Waals surface area contributed by atoms with Crippen LogP contribution in [0.25, 0.3) is 0 Å². The fourth-order valence-corrected chi connectivity index (χ4v) is 4.68. The SMILES string of the molecule is Cc1ccc(C)c(CC(=O)Nc2cccc(S(=O)(=O)/N=C3\CCCCCN3C)c2)c1. The molecule has 1 amide bonds. The van der Waals surface area contributed by atoms with Crippen LogP contribution in [0.1, 0.15) is 42.4 Å². The highest BCUT2D eigenvalue weighted by atomic mass is 32.2. The number of amidine groups is 1. The molecule has 1 heterocycles. The Hall–Kier alpha value is -2.67. The second-order valence-electron chi connectivity index (χ2n) is 7.90. The largest absolute Gasteiger partial charge is 0.362 e. The lowest BCUT2D eigenvalue weighted by atomic mass is 10.0. The van der Waals surface area contributed by atoms with E-state index in [0.717, 1.165) is 42.5 Å². The molecular formula is C23H29N3O3S. The van der Waals surface area contributed by atoms with Gasteiger partial charge in [0.1, 0.15) is 5.84 Å². The quantitative estimate of drug-likeness (QED) is 0.780. The maximum atomic E-state index is 12.8. The molecule has 1 aliphatic heterocycles. The predicted molar refractivity (Wildman–Crippen MR) is 120 cm³/mol. The van der Waals surface area contributed by atoms with Crippen molar-refractivity contribution >= 4 is 27.5 Å². The van der Waals surface area contributed by atoms with E-state index >= 15 is 0 Å². The molecule has 1 saturated heterocycles. The van der Waals surface area contributed by atoms with Gasteiger partial charge in [-0.1, -0.05) is 36.2 Å². The van der Waals surface area contributed by atoms with Gasteiger partial charge in [0, 0.05) is 25.7 Å². The minimum atomic E-state index is -3.84. The predicted octanol–water partition coefficient (Wildman–Crippen LogP) is 4.08. The van der Waals surface area contributed by atoms with Gasteiger partial charge in [-0.15, -0.1) is 4.40 Å². The summed E-state index contributed by atoms with van der Waals surface area (Å²) in [5.74, 6) is 0.407. The van der Waals surface area contributed by atoms with E-state index in [1.165, 1.54) is 12.1 Å². The third-order valence-corrected chi connectivity index (χ3v) is 6.63. The third-order valence-electron chi connectivity index (χ3n) is 5.33. The molecule has 7 heteroatoms. The van der Waals surface area contributed by atoms with Crippen molar-refractivity contribution < 1.29 is 13.2 Å². The van der Waals surface area contributed by atoms with Crippen LogP contribution in [0.3, 0.4) is 0 Å². The Bertz CT molecular complexity index is 1060. The summed E-state index contributed by atoms with van der Waals surface area (Å²) in [6.45, 7) is 4.77. The van der Waals surface area contributed by atoms with Gasteiger partial charge in [0.15, 0.2) is 0 Å². The summed E-state index contributed by atoms with van der Waals surface area (Å²) in [6.07, 6.45) is 3.94. The molecule has 0 saturated carbocycles. The number of likely N-dealkylation sites (tertiary alicyclic amines) is 1. The zero-order valence-corrected chi connectivity index (χ0v) is 18.6. The number of hydrogen-bond donors (Lipinski definition) is 1. The van der Waals surface area contributed by atoms with Crippen LogP contribution in [-0.4, -0.2) is 38.7 Å². The molecule has 30 heavy (non-hydrogen) atoms. The van der Waals surface area contributed by atoms with Crippen molar-refractivity contribution in [2.45, 2.75) is 50.8 Å². The average molecular weight is 428 g/mol. The minimum Gasteiger partial charge on any atom is -0.362 e. The second-order valence-corrected chi connectivity index (χ2v) is 9.50. The number of aryl methyl sites for hydroxylation is 2. The molecule has 0 radical (unpaired) electrons. The molecule has 1 fully saturated rings. The molecule has 0 aliphatic carbocycles. The van der Waals surface area contributed by atoms with Crippen LogP contribution in [0.15, 0.2) is 51.8 Å². The van der Waals surface area contributed by atoms with Gasteiger partial charge in [0.25, 0.3) is 10.0 Å². The van der Waals surface area contributed by atoms with Gasteiger partial charge >= 0.3 is 0 Å². The Morgan fingerprint density at radius 1 is 1.10 bits per heavy atom. The van der Waals surface area contributed by atoms with Crippen LogP contribution in [0.2, 0.25) is 0 Å². The fourth-order valence-electron chi connectivity index (χ4n) is 3.54. The maximum Gasteiger partial charge on any atom is 0.284 e. The molecule has 0 aromatic heterocycles. The van der Waals surface area contributed by atoms with Crippen LogP contribution < -0.4 is 5.32 Å². The van der Waals surface area contributed by atoms with Crippen molar-refractivity contribution in [2.75, 3.05) is 18.9 Å². The van der Waals surface area contributed by atoms with E-state index in [2.05, 4.69) is 9.71 Å². The first kappa shape index (κ1) is 22.0. The number of nitrogens with one attached hydrogen (secondary N) is 1. The second kappa shape index (κ2) is 9.43. The summed E-state index contributed by atoms with van der Waals surface area (Å²) in [6, 6.07) is 12.3. The number of amides is 1. The van der Waals surface area contributed by atoms with E-state index in [1.54, 1.807) is 12.1 Å². The molecule has 0 unspecified atom stereocenters. The normalized spacial score (nSPS) is 16.4. The fraction of sp³-hybridized carbons (Fsp3) is 0.391. The van der Waals surface area contributed by atoms with Gasteiger partial charge in [-0.2, -0.15) is 8.42 Å². The number of sulfonamides is 1. The van der Waals surface area contributed by atoms with Crippen LogP contribution in [0, 0.1) is 13.8 Å². The van der Waals surface area contributed by atoms with Crippen LogP contribution in [0.4, 0.5) is 5.69 Å². The van der Waals surface area contributed by atoms with E-state index in [1.807, 2.05) is 44.0 Å². The first-order valence-corrected chi connectivity index (χ1v) is 11.7. The molecule has 160 valence electrons. The lowest BCUT2D eigenvalue weighted by Crippen LogP contribution is -2.26.